The van der Waals surface area contributed by atoms with Gasteiger partial charge >= 0.3 is 6.09 Å². The summed E-state index contributed by atoms with van der Waals surface area (Å²) in [5.41, 5.74) is 0. The smallest absolute Gasteiger partial charge is 0.407 e. The highest BCUT2D eigenvalue weighted by Crippen LogP contribution is 2.26. The SMILES string of the molecule is O=C(O)N1CCC(CSc2cccc(F)c2)CC1. The lowest BCUT2D eigenvalue weighted by molar-refractivity contribution is 0.127. The molecule has 1 fully saturated rings. The predicted molar refractivity (Wildman–Crippen MR) is 69.4 cm³/mol. The molecule has 1 aliphatic heterocycles. The summed E-state index contributed by atoms with van der Waals surface area (Å²) in [4.78, 5) is 13.2. The second kappa shape index (κ2) is 6.09. The molecule has 0 radical (unpaired) electrons. The molecule has 3 nitrogen and oxygen atoms in total. The summed E-state index contributed by atoms with van der Waals surface area (Å²) in [6, 6.07) is 6.59. The van der Waals surface area contributed by atoms with Crippen molar-refractivity contribution in [1.82, 2.24) is 4.90 Å². The monoisotopic (exact) mass is 269 g/mol. The van der Waals surface area contributed by atoms with Crippen molar-refractivity contribution >= 4 is 17.9 Å². The normalized spacial score (nSPS) is 16.8. The molecule has 1 amide bonds. The first kappa shape index (κ1) is 13.2. The highest BCUT2D eigenvalue weighted by Gasteiger charge is 2.22. The Morgan fingerprint density at radius 3 is 2.78 bits per heavy atom. The van der Waals surface area contributed by atoms with E-state index in [1.54, 1.807) is 17.8 Å². The van der Waals surface area contributed by atoms with E-state index in [1.165, 1.54) is 17.0 Å². The predicted octanol–water partition coefficient (Wildman–Crippen LogP) is 3.31. The van der Waals surface area contributed by atoms with Crippen LogP contribution in [0.5, 0.6) is 0 Å². The molecule has 0 saturated carbocycles. The summed E-state index contributed by atoms with van der Waals surface area (Å²) in [6.45, 7) is 1.23. The van der Waals surface area contributed by atoms with E-state index < -0.39 is 6.09 Å². The number of benzene rings is 1. The number of rotatable bonds is 3. The van der Waals surface area contributed by atoms with Crippen molar-refractivity contribution in [3.8, 4) is 0 Å². The van der Waals surface area contributed by atoms with Crippen molar-refractivity contribution in [3.05, 3.63) is 30.1 Å². The molecule has 0 unspecified atom stereocenters. The van der Waals surface area contributed by atoms with Gasteiger partial charge < -0.3 is 10.0 Å². The highest BCUT2D eigenvalue weighted by molar-refractivity contribution is 7.99. The second-order valence-electron chi connectivity index (χ2n) is 4.48. The number of hydrogen-bond donors (Lipinski definition) is 1. The first-order valence-electron chi connectivity index (χ1n) is 6.01. The molecule has 1 N–H and O–H groups in total. The third kappa shape index (κ3) is 3.63. The summed E-state index contributed by atoms with van der Waals surface area (Å²) in [5.74, 6) is 1.24. The van der Waals surface area contributed by atoms with E-state index in [4.69, 9.17) is 5.11 Å². The number of carboxylic acid groups (broad SMARTS) is 1. The van der Waals surface area contributed by atoms with E-state index in [2.05, 4.69) is 0 Å². The minimum atomic E-state index is -0.828. The quantitative estimate of drug-likeness (QED) is 0.856. The van der Waals surface area contributed by atoms with Gasteiger partial charge in [0.05, 0.1) is 0 Å². The molecule has 1 aromatic rings. The number of thioether (sulfide) groups is 1. The molecule has 5 heteroatoms. The van der Waals surface area contributed by atoms with Gasteiger partial charge in [0.25, 0.3) is 0 Å². The number of halogens is 1. The van der Waals surface area contributed by atoms with Gasteiger partial charge in [-0.25, -0.2) is 9.18 Å². The molecule has 1 saturated heterocycles. The average Bonchev–Trinajstić information content (AvgIpc) is 2.37. The fraction of sp³-hybridized carbons (Fsp3) is 0.462. The van der Waals surface area contributed by atoms with Crippen LogP contribution in [-0.4, -0.2) is 34.9 Å². The van der Waals surface area contributed by atoms with Crippen molar-refractivity contribution in [2.45, 2.75) is 17.7 Å². The summed E-state index contributed by atoms with van der Waals surface area (Å²) < 4.78 is 13.0. The molecule has 1 aliphatic rings. The van der Waals surface area contributed by atoms with Crippen molar-refractivity contribution in [2.75, 3.05) is 18.8 Å². The Morgan fingerprint density at radius 2 is 2.17 bits per heavy atom. The summed E-state index contributed by atoms with van der Waals surface area (Å²) in [6.07, 6.45) is 0.967. The number of carbonyl (C=O) groups is 1. The molecule has 0 aromatic heterocycles. The third-order valence-corrected chi connectivity index (χ3v) is 4.39. The molecule has 1 heterocycles. The van der Waals surface area contributed by atoms with Crippen molar-refractivity contribution in [2.24, 2.45) is 5.92 Å². The van der Waals surface area contributed by atoms with E-state index in [0.29, 0.717) is 19.0 Å². The summed E-state index contributed by atoms with van der Waals surface area (Å²) in [7, 11) is 0. The molecule has 0 atom stereocenters. The molecule has 0 bridgehead atoms. The molecular weight excluding hydrogens is 253 g/mol. The zero-order valence-electron chi connectivity index (χ0n) is 10.0. The van der Waals surface area contributed by atoms with Crippen LogP contribution in [0.15, 0.2) is 29.2 Å². The Morgan fingerprint density at radius 1 is 1.44 bits per heavy atom. The van der Waals surface area contributed by atoms with Crippen LogP contribution in [0.2, 0.25) is 0 Å². The van der Waals surface area contributed by atoms with Gasteiger partial charge in [-0.15, -0.1) is 11.8 Å². The number of piperidine rings is 1. The van der Waals surface area contributed by atoms with Crippen LogP contribution in [0.4, 0.5) is 9.18 Å². The summed E-state index contributed by atoms with van der Waals surface area (Å²) >= 11 is 1.64. The van der Waals surface area contributed by atoms with E-state index >= 15 is 0 Å². The molecule has 2 rings (SSSR count). The molecule has 1 aromatic carbocycles. The second-order valence-corrected chi connectivity index (χ2v) is 5.57. The van der Waals surface area contributed by atoms with Crippen LogP contribution >= 0.6 is 11.8 Å². The van der Waals surface area contributed by atoms with Crippen LogP contribution < -0.4 is 0 Å². The van der Waals surface area contributed by atoms with Crippen molar-refractivity contribution in [3.63, 3.8) is 0 Å². The lowest BCUT2D eigenvalue weighted by atomic mass is 9.99. The van der Waals surface area contributed by atoms with Crippen LogP contribution in [0.25, 0.3) is 0 Å². The number of likely N-dealkylation sites (tertiary alicyclic amines) is 1. The van der Waals surface area contributed by atoms with Gasteiger partial charge in [-0.3, -0.25) is 0 Å². The molecule has 18 heavy (non-hydrogen) atoms. The number of amides is 1. The molecular formula is C13H16FNO2S. The minimum Gasteiger partial charge on any atom is -0.465 e. The Bertz CT molecular complexity index is 419. The Labute approximate surface area is 110 Å². The average molecular weight is 269 g/mol. The Hall–Kier alpha value is -1.23. The molecule has 98 valence electrons. The zero-order chi connectivity index (χ0) is 13.0. The molecule has 0 aliphatic carbocycles. The topological polar surface area (TPSA) is 40.5 Å². The van der Waals surface area contributed by atoms with Gasteiger partial charge in [-0.05, 0) is 37.0 Å². The lowest BCUT2D eigenvalue weighted by Crippen LogP contribution is -2.37. The Kier molecular flexibility index (Phi) is 4.47. The summed E-state index contributed by atoms with van der Waals surface area (Å²) in [5, 5.41) is 8.84. The minimum absolute atomic E-state index is 0.208. The maximum absolute atomic E-state index is 13.0. The van der Waals surface area contributed by atoms with Crippen LogP contribution in [-0.2, 0) is 0 Å². The number of hydrogen-bond acceptors (Lipinski definition) is 2. The van der Waals surface area contributed by atoms with Crippen molar-refractivity contribution < 1.29 is 14.3 Å². The zero-order valence-corrected chi connectivity index (χ0v) is 10.8. The number of nitrogens with zero attached hydrogens (tertiary/aromatic N) is 1. The van der Waals surface area contributed by atoms with Crippen LogP contribution in [0.1, 0.15) is 12.8 Å². The van der Waals surface area contributed by atoms with Crippen LogP contribution in [0.3, 0.4) is 0 Å². The van der Waals surface area contributed by atoms with Crippen molar-refractivity contribution in [1.29, 1.82) is 0 Å². The highest BCUT2D eigenvalue weighted by atomic mass is 32.2. The first-order valence-corrected chi connectivity index (χ1v) is 7.00. The van der Waals surface area contributed by atoms with E-state index in [1.807, 2.05) is 6.07 Å². The third-order valence-electron chi connectivity index (χ3n) is 3.17. The Balaban J connectivity index is 1.77. The maximum Gasteiger partial charge on any atom is 0.407 e. The standard InChI is InChI=1S/C13H16FNO2S/c14-11-2-1-3-12(8-11)18-9-10-4-6-15(7-5-10)13(16)17/h1-3,8,10H,4-7,9H2,(H,16,17). The fourth-order valence-electron chi connectivity index (χ4n) is 2.06. The van der Waals surface area contributed by atoms with Gasteiger partial charge in [0, 0.05) is 23.7 Å². The van der Waals surface area contributed by atoms with E-state index in [0.717, 1.165) is 23.5 Å². The van der Waals surface area contributed by atoms with E-state index in [-0.39, 0.29) is 5.82 Å². The van der Waals surface area contributed by atoms with Gasteiger partial charge in [0.2, 0.25) is 0 Å². The van der Waals surface area contributed by atoms with Crippen LogP contribution in [0, 0.1) is 11.7 Å². The lowest BCUT2D eigenvalue weighted by Gasteiger charge is -2.29. The fourth-order valence-corrected chi connectivity index (χ4v) is 3.19. The van der Waals surface area contributed by atoms with Gasteiger partial charge in [0.15, 0.2) is 0 Å². The maximum atomic E-state index is 13.0. The van der Waals surface area contributed by atoms with E-state index in [9.17, 15) is 9.18 Å². The largest absolute Gasteiger partial charge is 0.465 e. The van der Waals surface area contributed by atoms with Gasteiger partial charge in [-0.2, -0.15) is 0 Å². The van der Waals surface area contributed by atoms with Gasteiger partial charge in [-0.1, -0.05) is 6.07 Å². The van der Waals surface area contributed by atoms with Gasteiger partial charge in [0.1, 0.15) is 5.82 Å². The molecule has 0 spiro atoms. The first-order chi connectivity index (χ1) is 8.65.